The van der Waals surface area contributed by atoms with Gasteiger partial charge in [0.25, 0.3) is 0 Å². The summed E-state index contributed by atoms with van der Waals surface area (Å²) < 4.78 is 43.0. The maximum absolute atomic E-state index is 12.8. The number of nitrogens with zero attached hydrogens (tertiary/aromatic N) is 3. The largest absolute Gasteiger partial charge is 0.452 e. The van der Waals surface area contributed by atoms with Crippen LogP contribution in [-0.2, 0) is 15.7 Å². The number of alkyl halides is 3. The molecule has 0 aliphatic carbocycles. The van der Waals surface area contributed by atoms with E-state index in [1.54, 1.807) is 36.2 Å². The smallest absolute Gasteiger partial charge is 0.417 e. The van der Waals surface area contributed by atoms with Gasteiger partial charge in [0.05, 0.1) is 17.7 Å². The Morgan fingerprint density at radius 2 is 1.84 bits per heavy atom. The van der Waals surface area contributed by atoms with Crippen LogP contribution in [0.15, 0.2) is 36.5 Å². The summed E-state index contributed by atoms with van der Waals surface area (Å²) >= 11 is 6.02. The lowest BCUT2D eigenvalue weighted by Crippen LogP contribution is -2.38. The number of hydrogen-bond donors (Lipinski definition) is 1. The highest BCUT2D eigenvalue weighted by molar-refractivity contribution is 6.33. The number of nitrogens with one attached hydrogen (secondary N) is 1. The SMILES string of the molecule is COC(=O)N(C)c1ccc(NC(=O)C2CCN(c3ncc(C(F)(F)F)cc3Cl)CC2)cc1. The molecular formula is C21H22ClF3N4O3. The molecule has 0 radical (unpaired) electrons. The Hall–Kier alpha value is -3.01. The molecule has 0 atom stereocenters. The van der Waals surface area contributed by atoms with Crippen molar-refractivity contribution in [2.24, 2.45) is 5.92 Å². The first-order chi connectivity index (χ1) is 15.1. The number of amides is 2. The van der Waals surface area contributed by atoms with Gasteiger partial charge in [-0.2, -0.15) is 13.2 Å². The van der Waals surface area contributed by atoms with Crippen LogP contribution in [0.2, 0.25) is 5.02 Å². The number of aromatic nitrogens is 1. The Labute approximate surface area is 188 Å². The number of pyridine rings is 1. The lowest BCUT2D eigenvalue weighted by molar-refractivity contribution is -0.137. The van der Waals surface area contributed by atoms with Crippen LogP contribution in [0.25, 0.3) is 0 Å². The number of piperidine rings is 1. The van der Waals surface area contributed by atoms with Gasteiger partial charge in [0, 0.05) is 43.6 Å². The zero-order valence-electron chi connectivity index (χ0n) is 17.4. The van der Waals surface area contributed by atoms with Crippen LogP contribution in [-0.4, -0.2) is 44.2 Å². The first-order valence-electron chi connectivity index (χ1n) is 9.80. The second kappa shape index (κ2) is 9.64. The van der Waals surface area contributed by atoms with Gasteiger partial charge in [-0.05, 0) is 43.2 Å². The maximum Gasteiger partial charge on any atom is 0.417 e. The van der Waals surface area contributed by atoms with Crippen molar-refractivity contribution in [3.8, 4) is 0 Å². The van der Waals surface area contributed by atoms with Gasteiger partial charge in [-0.3, -0.25) is 9.69 Å². The fourth-order valence-corrected chi connectivity index (χ4v) is 3.71. The molecule has 32 heavy (non-hydrogen) atoms. The summed E-state index contributed by atoms with van der Waals surface area (Å²) in [5.74, 6) is -0.120. The van der Waals surface area contributed by atoms with Crippen molar-refractivity contribution in [3.05, 3.63) is 47.1 Å². The first kappa shape index (κ1) is 23.6. The molecule has 1 aromatic heterocycles. The third-order valence-electron chi connectivity index (χ3n) is 5.28. The normalized spacial score (nSPS) is 14.8. The summed E-state index contributed by atoms with van der Waals surface area (Å²) in [5.41, 5.74) is 0.306. The van der Waals surface area contributed by atoms with Crippen molar-refractivity contribution in [1.82, 2.24) is 4.98 Å². The zero-order valence-corrected chi connectivity index (χ0v) is 18.2. The summed E-state index contributed by atoms with van der Waals surface area (Å²) in [6, 6.07) is 7.62. The fraction of sp³-hybridized carbons (Fsp3) is 0.381. The van der Waals surface area contributed by atoms with Crippen molar-refractivity contribution in [2.75, 3.05) is 42.4 Å². The molecule has 2 amide bonds. The van der Waals surface area contributed by atoms with Gasteiger partial charge >= 0.3 is 12.3 Å². The van der Waals surface area contributed by atoms with Gasteiger partial charge in [-0.25, -0.2) is 9.78 Å². The number of rotatable bonds is 4. The predicted octanol–water partition coefficient (Wildman–Crippen LogP) is 4.81. The van der Waals surface area contributed by atoms with Crippen LogP contribution >= 0.6 is 11.6 Å². The molecule has 0 unspecified atom stereocenters. The minimum absolute atomic E-state index is 0.0697. The topological polar surface area (TPSA) is 74.8 Å². The van der Waals surface area contributed by atoms with E-state index in [1.807, 2.05) is 0 Å². The van der Waals surface area contributed by atoms with E-state index in [9.17, 15) is 22.8 Å². The monoisotopic (exact) mass is 470 g/mol. The van der Waals surface area contributed by atoms with Gasteiger partial charge < -0.3 is 15.0 Å². The zero-order chi connectivity index (χ0) is 23.5. The predicted molar refractivity (Wildman–Crippen MR) is 115 cm³/mol. The third kappa shape index (κ3) is 5.42. The van der Waals surface area contributed by atoms with Crippen molar-refractivity contribution in [1.29, 1.82) is 0 Å². The number of hydrogen-bond acceptors (Lipinski definition) is 5. The van der Waals surface area contributed by atoms with Crippen molar-refractivity contribution >= 4 is 40.8 Å². The van der Waals surface area contributed by atoms with Crippen LogP contribution in [0.1, 0.15) is 18.4 Å². The Kier molecular flexibility index (Phi) is 7.12. The molecule has 1 fully saturated rings. The van der Waals surface area contributed by atoms with Gasteiger partial charge in [-0.15, -0.1) is 0 Å². The van der Waals surface area contributed by atoms with Crippen LogP contribution < -0.4 is 15.1 Å². The van der Waals surface area contributed by atoms with E-state index in [0.717, 1.165) is 12.3 Å². The van der Waals surface area contributed by atoms with Gasteiger partial charge in [0.15, 0.2) is 0 Å². The molecular weight excluding hydrogens is 449 g/mol. The fourth-order valence-electron chi connectivity index (χ4n) is 3.43. The number of methoxy groups -OCH3 is 1. The quantitative estimate of drug-likeness (QED) is 0.694. The van der Waals surface area contributed by atoms with E-state index >= 15 is 0 Å². The summed E-state index contributed by atoms with van der Waals surface area (Å²) in [4.78, 5) is 31.2. The average molecular weight is 471 g/mol. The molecule has 1 aliphatic heterocycles. The molecule has 3 rings (SSSR count). The molecule has 0 saturated carbocycles. The second-order valence-electron chi connectivity index (χ2n) is 7.35. The molecule has 1 aliphatic rings. The van der Waals surface area contributed by atoms with E-state index < -0.39 is 17.8 Å². The van der Waals surface area contributed by atoms with E-state index in [-0.39, 0.29) is 22.7 Å². The highest BCUT2D eigenvalue weighted by Crippen LogP contribution is 2.34. The molecule has 2 heterocycles. The number of carbonyl (C=O) groups is 2. The van der Waals surface area contributed by atoms with Crippen LogP contribution in [0.3, 0.4) is 0 Å². The first-order valence-corrected chi connectivity index (χ1v) is 10.2. The lowest BCUT2D eigenvalue weighted by atomic mass is 9.95. The minimum atomic E-state index is -4.51. The Morgan fingerprint density at radius 1 is 1.22 bits per heavy atom. The molecule has 2 aromatic rings. The molecule has 1 N–H and O–H groups in total. The number of halogens is 4. The van der Waals surface area contributed by atoms with Crippen LogP contribution in [0.4, 0.5) is 35.2 Å². The molecule has 0 spiro atoms. The van der Waals surface area contributed by atoms with Crippen molar-refractivity contribution < 1.29 is 27.5 Å². The highest BCUT2D eigenvalue weighted by Gasteiger charge is 2.33. The Bertz CT molecular complexity index is 977. The molecule has 7 nitrogen and oxygen atoms in total. The van der Waals surface area contributed by atoms with E-state index in [0.29, 0.717) is 37.3 Å². The van der Waals surface area contributed by atoms with Crippen molar-refractivity contribution in [3.63, 3.8) is 0 Å². The van der Waals surface area contributed by atoms with Crippen LogP contribution in [0, 0.1) is 5.92 Å². The molecule has 172 valence electrons. The highest BCUT2D eigenvalue weighted by atomic mass is 35.5. The number of ether oxygens (including phenoxy) is 1. The van der Waals surface area contributed by atoms with Crippen molar-refractivity contribution in [2.45, 2.75) is 19.0 Å². The van der Waals surface area contributed by atoms with Crippen LogP contribution in [0.5, 0.6) is 0 Å². The summed E-state index contributed by atoms with van der Waals surface area (Å²) in [6.07, 6.45) is -3.23. The number of anilines is 3. The standard InChI is InChI=1S/C21H22ClF3N4O3/c1-28(20(31)32-2)16-5-3-15(4-6-16)27-19(30)13-7-9-29(10-8-13)18-17(22)11-14(12-26-18)21(23,24)25/h3-6,11-13H,7-10H2,1-2H3,(H,27,30). The maximum atomic E-state index is 12.8. The lowest BCUT2D eigenvalue weighted by Gasteiger charge is -2.32. The number of carbonyl (C=O) groups excluding carboxylic acids is 2. The molecule has 1 aromatic carbocycles. The van der Waals surface area contributed by atoms with E-state index in [1.165, 1.54) is 12.0 Å². The third-order valence-corrected chi connectivity index (χ3v) is 5.56. The van der Waals surface area contributed by atoms with E-state index in [4.69, 9.17) is 11.6 Å². The Balaban J connectivity index is 1.56. The summed E-state index contributed by atoms with van der Waals surface area (Å²) in [6.45, 7) is 0.887. The molecule has 0 bridgehead atoms. The van der Waals surface area contributed by atoms with Gasteiger partial charge in [0.2, 0.25) is 5.91 Å². The Morgan fingerprint density at radius 3 is 2.38 bits per heavy atom. The van der Waals surface area contributed by atoms with Gasteiger partial charge in [0.1, 0.15) is 5.82 Å². The summed E-state index contributed by atoms with van der Waals surface area (Å²) in [5, 5.41) is 2.78. The second-order valence-corrected chi connectivity index (χ2v) is 7.76. The minimum Gasteiger partial charge on any atom is -0.452 e. The van der Waals surface area contributed by atoms with E-state index in [2.05, 4.69) is 15.0 Å². The van der Waals surface area contributed by atoms with Gasteiger partial charge in [-0.1, -0.05) is 11.6 Å². The molecule has 11 heteroatoms. The molecule has 1 saturated heterocycles. The summed E-state index contributed by atoms with van der Waals surface area (Å²) in [7, 11) is 2.87. The number of benzene rings is 1. The average Bonchev–Trinajstić information content (AvgIpc) is 2.78.